The number of hydrogen-bond donors (Lipinski definition) is 1. The van der Waals surface area contributed by atoms with Crippen molar-refractivity contribution in [2.75, 3.05) is 21.3 Å². The van der Waals surface area contributed by atoms with Crippen LogP contribution >= 0.6 is 0 Å². The fourth-order valence-corrected chi connectivity index (χ4v) is 1.83. The summed E-state index contributed by atoms with van der Waals surface area (Å²) in [6.07, 6.45) is 0. The molecule has 1 N–H and O–H groups in total. The number of methoxy groups -OCH3 is 2. The molecule has 1 aromatic heterocycles. The molecule has 2 rings (SSSR count). The van der Waals surface area contributed by atoms with Gasteiger partial charge in [0.15, 0.2) is 0 Å². The molecular weight excluding hydrogens is 216 g/mol. The van der Waals surface area contributed by atoms with Gasteiger partial charge in [-0.15, -0.1) is 0 Å². The van der Waals surface area contributed by atoms with Gasteiger partial charge < -0.3 is 14.8 Å². The Hall–Kier alpha value is -1.81. The Balaban J connectivity index is 2.64. The van der Waals surface area contributed by atoms with Crippen molar-refractivity contribution in [2.24, 2.45) is 0 Å². The minimum absolute atomic E-state index is 0.732. The summed E-state index contributed by atoms with van der Waals surface area (Å²) in [4.78, 5) is 4.58. The Morgan fingerprint density at radius 1 is 1.06 bits per heavy atom. The Kier molecular flexibility index (Phi) is 3.44. The molecule has 0 atom stereocenters. The Bertz CT molecular complexity index is 526. The third-order valence-corrected chi connectivity index (χ3v) is 2.64. The van der Waals surface area contributed by atoms with E-state index >= 15 is 0 Å². The lowest BCUT2D eigenvalue weighted by Crippen LogP contribution is -2.07. The second-order valence-electron chi connectivity index (χ2n) is 3.70. The van der Waals surface area contributed by atoms with Crippen molar-refractivity contribution in [3.05, 3.63) is 30.0 Å². The third kappa shape index (κ3) is 2.17. The van der Waals surface area contributed by atoms with Gasteiger partial charge in [-0.3, -0.25) is 0 Å². The normalized spacial score (nSPS) is 10.5. The smallest absolute Gasteiger partial charge is 0.145 e. The van der Waals surface area contributed by atoms with Crippen LogP contribution in [0.15, 0.2) is 24.3 Å². The molecule has 0 unspecified atom stereocenters. The molecule has 90 valence electrons. The van der Waals surface area contributed by atoms with Crippen LogP contribution in [0.4, 0.5) is 0 Å². The number of nitrogens with one attached hydrogen (secondary N) is 1. The Morgan fingerprint density at radius 3 is 2.41 bits per heavy atom. The molecule has 0 aliphatic carbocycles. The molecule has 4 nitrogen and oxygen atoms in total. The summed E-state index contributed by atoms with van der Waals surface area (Å²) in [5.74, 6) is 1.57. The van der Waals surface area contributed by atoms with Crippen molar-refractivity contribution in [3.63, 3.8) is 0 Å². The van der Waals surface area contributed by atoms with Gasteiger partial charge in [0.2, 0.25) is 0 Å². The zero-order valence-electron chi connectivity index (χ0n) is 10.3. The van der Waals surface area contributed by atoms with Crippen molar-refractivity contribution in [3.8, 4) is 11.5 Å². The molecule has 0 fully saturated rings. The molecule has 17 heavy (non-hydrogen) atoms. The summed E-state index contributed by atoms with van der Waals surface area (Å²) in [7, 11) is 5.20. The van der Waals surface area contributed by atoms with E-state index in [0.29, 0.717) is 0 Å². The highest BCUT2D eigenvalue weighted by Crippen LogP contribution is 2.31. The molecule has 2 aromatic rings. The number of fused-ring (bicyclic) bond motifs is 1. The van der Waals surface area contributed by atoms with E-state index < -0.39 is 0 Å². The lowest BCUT2D eigenvalue weighted by atomic mass is 10.1. The number of nitrogens with zero attached hydrogens (tertiary/aromatic N) is 1. The molecule has 4 heteroatoms. The summed E-state index contributed by atoms with van der Waals surface area (Å²) >= 11 is 0. The average molecular weight is 232 g/mol. The maximum atomic E-state index is 5.32. The van der Waals surface area contributed by atoms with Crippen LogP contribution in [0, 0.1) is 0 Å². The minimum Gasteiger partial charge on any atom is -0.496 e. The fraction of sp³-hybridized carbons (Fsp3) is 0.308. The minimum atomic E-state index is 0.732. The maximum absolute atomic E-state index is 5.32. The van der Waals surface area contributed by atoms with Crippen LogP contribution in [0.1, 0.15) is 5.69 Å². The molecule has 0 amide bonds. The molecule has 0 radical (unpaired) electrons. The first-order valence-electron chi connectivity index (χ1n) is 5.45. The average Bonchev–Trinajstić information content (AvgIpc) is 2.37. The number of aromatic nitrogens is 1. The second-order valence-corrected chi connectivity index (χ2v) is 3.70. The van der Waals surface area contributed by atoms with E-state index in [1.807, 2.05) is 31.3 Å². The van der Waals surface area contributed by atoms with Crippen LogP contribution < -0.4 is 14.8 Å². The quantitative estimate of drug-likeness (QED) is 0.875. The van der Waals surface area contributed by atoms with Gasteiger partial charge in [-0.05, 0) is 31.3 Å². The molecule has 1 aromatic carbocycles. The van der Waals surface area contributed by atoms with Crippen molar-refractivity contribution in [1.82, 2.24) is 10.3 Å². The fourth-order valence-electron chi connectivity index (χ4n) is 1.83. The van der Waals surface area contributed by atoms with Crippen LogP contribution in [0.2, 0.25) is 0 Å². The maximum Gasteiger partial charge on any atom is 0.145 e. The molecule has 0 aliphatic rings. The Labute approximate surface area is 101 Å². The first-order valence-corrected chi connectivity index (χ1v) is 5.45. The van der Waals surface area contributed by atoms with E-state index in [2.05, 4.69) is 10.3 Å². The predicted octanol–water partition coefficient (Wildman–Crippen LogP) is 1.97. The molecular formula is C13H16N2O2. The number of ether oxygens (including phenoxy) is 2. The first kappa shape index (κ1) is 11.7. The van der Waals surface area contributed by atoms with Crippen molar-refractivity contribution in [1.29, 1.82) is 0 Å². The van der Waals surface area contributed by atoms with Gasteiger partial charge in [0, 0.05) is 11.9 Å². The SMILES string of the molecule is CNCc1ccc2c(OC)ccc(OC)c2n1. The van der Waals surface area contributed by atoms with Crippen molar-refractivity contribution >= 4 is 10.9 Å². The standard InChI is InChI=1S/C13H16N2O2/c1-14-8-9-4-5-10-11(16-2)6-7-12(17-3)13(10)15-9/h4-7,14H,8H2,1-3H3. The molecule has 0 saturated heterocycles. The van der Waals surface area contributed by atoms with Gasteiger partial charge in [0.25, 0.3) is 0 Å². The summed E-state index contributed by atoms with van der Waals surface area (Å²) in [5, 5.41) is 4.04. The Morgan fingerprint density at radius 2 is 1.76 bits per heavy atom. The number of hydrogen-bond acceptors (Lipinski definition) is 4. The van der Waals surface area contributed by atoms with Crippen LogP contribution in [-0.2, 0) is 6.54 Å². The lowest BCUT2D eigenvalue weighted by Gasteiger charge is -2.10. The highest BCUT2D eigenvalue weighted by molar-refractivity contribution is 5.90. The molecule has 0 aliphatic heterocycles. The van der Waals surface area contributed by atoms with Gasteiger partial charge in [-0.25, -0.2) is 4.98 Å². The number of rotatable bonds is 4. The summed E-state index contributed by atoms with van der Waals surface area (Å²) in [6.45, 7) is 0.732. The van der Waals surface area contributed by atoms with E-state index in [1.165, 1.54) is 0 Å². The van der Waals surface area contributed by atoms with Crippen LogP contribution in [-0.4, -0.2) is 26.3 Å². The molecule has 0 bridgehead atoms. The van der Waals surface area contributed by atoms with Crippen LogP contribution in [0.5, 0.6) is 11.5 Å². The number of pyridine rings is 1. The second kappa shape index (κ2) is 5.01. The van der Waals surface area contributed by atoms with E-state index in [9.17, 15) is 0 Å². The van der Waals surface area contributed by atoms with Crippen LogP contribution in [0.25, 0.3) is 10.9 Å². The van der Waals surface area contributed by atoms with Gasteiger partial charge in [-0.1, -0.05) is 0 Å². The predicted molar refractivity (Wildman–Crippen MR) is 67.6 cm³/mol. The summed E-state index contributed by atoms with van der Waals surface area (Å²) < 4.78 is 10.6. The summed E-state index contributed by atoms with van der Waals surface area (Å²) in [5.41, 5.74) is 1.81. The molecule has 0 saturated carbocycles. The topological polar surface area (TPSA) is 43.4 Å². The third-order valence-electron chi connectivity index (χ3n) is 2.64. The first-order chi connectivity index (χ1) is 8.30. The van der Waals surface area contributed by atoms with E-state index in [1.54, 1.807) is 14.2 Å². The largest absolute Gasteiger partial charge is 0.496 e. The van der Waals surface area contributed by atoms with E-state index in [-0.39, 0.29) is 0 Å². The van der Waals surface area contributed by atoms with Gasteiger partial charge in [0.1, 0.15) is 17.0 Å². The van der Waals surface area contributed by atoms with Crippen LogP contribution in [0.3, 0.4) is 0 Å². The van der Waals surface area contributed by atoms with E-state index in [0.717, 1.165) is 34.6 Å². The van der Waals surface area contributed by atoms with Gasteiger partial charge in [0.05, 0.1) is 19.9 Å². The number of benzene rings is 1. The summed E-state index contributed by atoms with van der Waals surface area (Å²) in [6, 6.07) is 7.76. The van der Waals surface area contributed by atoms with Crippen molar-refractivity contribution < 1.29 is 9.47 Å². The zero-order valence-corrected chi connectivity index (χ0v) is 10.3. The van der Waals surface area contributed by atoms with E-state index in [4.69, 9.17) is 9.47 Å². The molecule has 0 spiro atoms. The zero-order chi connectivity index (χ0) is 12.3. The highest BCUT2D eigenvalue weighted by atomic mass is 16.5. The highest BCUT2D eigenvalue weighted by Gasteiger charge is 2.08. The van der Waals surface area contributed by atoms with Crippen molar-refractivity contribution in [2.45, 2.75) is 6.54 Å². The lowest BCUT2D eigenvalue weighted by molar-refractivity contribution is 0.409. The monoisotopic (exact) mass is 232 g/mol. The van der Waals surface area contributed by atoms with Gasteiger partial charge in [-0.2, -0.15) is 0 Å². The molecule has 1 heterocycles. The van der Waals surface area contributed by atoms with Gasteiger partial charge >= 0.3 is 0 Å².